The molecule has 74 heavy (non-hydrogen) atoms. The third-order valence-electron chi connectivity index (χ3n) is 21.6. The number of ether oxygens (including phenoxy) is 9. The molecule has 21 nitrogen and oxygen atoms in total. The molecule has 12 N–H and O–H groups in total. The Morgan fingerprint density at radius 1 is 0.500 bits per heavy atom. The summed E-state index contributed by atoms with van der Waals surface area (Å²) in [6.07, 6.45) is -20.9. The van der Waals surface area contributed by atoms with E-state index in [-0.39, 0.29) is 27.9 Å². The van der Waals surface area contributed by atoms with E-state index in [1.165, 1.54) is 45.4 Å². The number of hydrogen-bond acceptors (Lipinski definition) is 21. The number of fused-ring (bicyclic) bond motifs is 7. The minimum Gasteiger partial charge on any atom is -0.394 e. The molecule has 10 fully saturated rings. The van der Waals surface area contributed by atoms with Crippen molar-refractivity contribution in [3.8, 4) is 0 Å². The molecule has 0 unspecified atom stereocenters. The highest BCUT2D eigenvalue weighted by atomic mass is 16.8. The van der Waals surface area contributed by atoms with Crippen LogP contribution >= 0.6 is 0 Å². The molecule has 0 aromatic rings. The maximum absolute atomic E-state index is 11.9. The van der Waals surface area contributed by atoms with Gasteiger partial charge < -0.3 is 104 Å². The summed E-state index contributed by atoms with van der Waals surface area (Å²) < 4.78 is 54.4. The van der Waals surface area contributed by atoms with Crippen molar-refractivity contribution in [2.75, 3.05) is 26.4 Å². The van der Waals surface area contributed by atoms with E-state index in [1.54, 1.807) is 0 Å². The number of hydrogen-bond donors (Lipinski definition) is 12. The van der Waals surface area contributed by atoms with Crippen molar-refractivity contribution in [2.24, 2.45) is 57.7 Å². The van der Waals surface area contributed by atoms with Gasteiger partial charge in [-0.3, -0.25) is 0 Å². The molecule has 0 aromatic carbocycles. The summed E-state index contributed by atoms with van der Waals surface area (Å²) in [5, 5.41) is 129. The Balaban J connectivity index is 0.819. The number of rotatable bonds is 11. The van der Waals surface area contributed by atoms with E-state index in [4.69, 9.17) is 42.6 Å². The van der Waals surface area contributed by atoms with Crippen LogP contribution in [0.5, 0.6) is 0 Å². The van der Waals surface area contributed by atoms with Crippen LogP contribution in [0.2, 0.25) is 0 Å². The van der Waals surface area contributed by atoms with Crippen molar-refractivity contribution in [3.05, 3.63) is 0 Å². The Labute approximate surface area is 433 Å². The van der Waals surface area contributed by atoms with Crippen LogP contribution in [0.4, 0.5) is 0 Å². The number of aliphatic hydroxyl groups excluding tert-OH is 12. The standard InChI is InChI=1S/C53H88O21/c1-22-7-14-53(68-19-22)17-25-15-32-51(5)11-8-26-16-27(9-12-50(26,4)31(51)10-13-52(32,6)33(25)23(53)2)70-48-44(65)40(61)45(30(73-48)21-67-47-42(63)38(59)35(56)28(18-54)71-47)74-49-43(64)39(60)36(57)29(72-49)20-66-46-41(62)37(58)34(55)24(3)69-46/h22-49,54-65H,7-21H2,1-6H3/t22-,23-,24-,25+,26+,27-,28+,29+,30+,31+,32-,33-,34-,35+,36+,37+,38-,39-,40+,41+,42+,43+,44+,45+,46+,47+,48+,49-,50-,51+,52-,53+/m0/s1. The summed E-state index contributed by atoms with van der Waals surface area (Å²) in [6.45, 7) is 13.0. The first-order valence-corrected chi connectivity index (χ1v) is 27.9. The topological polar surface area (TPSA) is 326 Å². The van der Waals surface area contributed by atoms with Gasteiger partial charge in [-0.05, 0) is 135 Å². The van der Waals surface area contributed by atoms with Crippen LogP contribution < -0.4 is 0 Å². The van der Waals surface area contributed by atoms with Gasteiger partial charge in [0.2, 0.25) is 0 Å². The van der Waals surface area contributed by atoms with E-state index < -0.39 is 143 Å². The van der Waals surface area contributed by atoms with Crippen LogP contribution in [-0.4, -0.2) is 222 Å². The fraction of sp³-hybridized carbons (Fsp3) is 1.00. The van der Waals surface area contributed by atoms with Crippen LogP contribution in [-0.2, 0) is 42.6 Å². The van der Waals surface area contributed by atoms with Gasteiger partial charge in [-0.1, -0.05) is 34.6 Å². The van der Waals surface area contributed by atoms with Gasteiger partial charge in [0.25, 0.3) is 0 Å². The molecule has 32 atom stereocenters. The largest absolute Gasteiger partial charge is 0.394 e. The zero-order valence-corrected chi connectivity index (χ0v) is 43.8. The summed E-state index contributed by atoms with van der Waals surface area (Å²) in [5.74, 6) is 4.08. The second-order valence-corrected chi connectivity index (χ2v) is 25.6. The van der Waals surface area contributed by atoms with Crippen molar-refractivity contribution >= 4 is 0 Å². The predicted octanol–water partition coefficient (Wildman–Crippen LogP) is -0.828. The second-order valence-electron chi connectivity index (χ2n) is 25.6. The lowest BCUT2D eigenvalue weighted by Crippen LogP contribution is -2.66. The van der Waals surface area contributed by atoms with Gasteiger partial charge >= 0.3 is 0 Å². The summed E-state index contributed by atoms with van der Waals surface area (Å²) in [7, 11) is 0. The third kappa shape index (κ3) is 9.49. The zero-order chi connectivity index (χ0) is 53.1. The quantitative estimate of drug-likeness (QED) is 0.112. The third-order valence-corrected chi connectivity index (χ3v) is 21.6. The van der Waals surface area contributed by atoms with Gasteiger partial charge in [-0.25, -0.2) is 0 Å². The minimum absolute atomic E-state index is 0.0307. The second kappa shape index (κ2) is 21.2. The molecule has 5 aliphatic heterocycles. The average Bonchev–Trinajstić information content (AvgIpc) is 3.83. The molecule has 0 aromatic heterocycles. The maximum atomic E-state index is 11.9. The van der Waals surface area contributed by atoms with Crippen molar-refractivity contribution < 1.29 is 104 Å². The fourth-order valence-electron chi connectivity index (χ4n) is 17.4. The normalized spacial score (nSPS) is 58.6. The van der Waals surface area contributed by atoms with Gasteiger partial charge in [0.1, 0.15) is 91.6 Å². The molecular weight excluding hydrogens is 973 g/mol. The lowest BCUT2D eigenvalue weighted by Gasteiger charge is -2.66. The van der Waals surface area contributed by atoms with Crippen molar-refractivity contribution in [1.82, 2.24) is 0 Å². The highest BCUT2D eigenvalue weighted by Gasteiger charge is 2.71. The molecule has 0 radical (unpaired) electrons. The molecule has 5 saturated carbocycles. The molecular formula is C53H88O21. The van der Waals surface area contributed by atoms with E-state index in [0.717, 1.165) is 25.9 Å². The molecule has 10 rings (SSSR count). The monoisotopic (exact) mass is 1060 g/mol. The van der Waals surface area contributed by atoms with Crippen LogP contribution in [0.1, 0.15) is 112 Å². The van der Waals surface area contributed by atoms with Gasteiger partial charge in [0.05, 0.1) is 37.6 Å². The van der Waals surface area contributed by atoms with Crippen LogP contribution in [0.25, 0.3) is 0 Å². The van der Waals surface area contributed by atoms with Gasteiger partial charge in [0, 0.05) is 6.61 Å². The molecule has 0 amide bonds. The first kappa shape index (κ1) is 56.4. The van der Waals surface area contributed by atoms with Gasteiger partial charge in [-0.2, -0.15) is 0 Å². The Morgan fingerprint density at radius 3 is 1.74 bits per heavy atom. The summed E-state index contributed by atoms with van der Waals surface area (Å²) in [4.78, 5) is 0. The Hall–Kier alpha value is -0.840. The fourth-order valence-corrected chi connectivity index (χ4v) is 17.4. The van der Waals surface area contributed by atoms with E-state index in [1.807, 2.05) is 0 Å². The molecule has 1 spiro atoms. The Bertz CT molecular complexity index is 1910. The highest BCUT2D eigenvalue weighted by molar-refractivity contribution is 5.20. The van der Waals surface area contributed by atoms with Crippen molar-refractivity contribution in [3.63, 3.8) is 0 Å². The van der Waals surface area contributed by atoms with Gasteiger partial charge in [0.15, 0.2) is 25.2 Å². The van der Waals surface area contributed by atoms with E-state index >= 15 is 0 Å². The van der Waals surface area contributed by atoms with Crippen LogP contribution in [0.3, 0.4) is 0 Å². The summed E-state index contributed by atoms with van der Waals surface area (Å²) in [6, 6.07) is 0. The molecule has 10 aliphatic rings. The summed E-state index contributed by atoms with van der Waals surface area (Å²) in [5.41, 5.74) is 0.582. The Morgan fingerprint density at radius 2 is 1.07 bits per heavy atom. The molecule has 5 saturated heterocycles. The van der Waals surface area contributed by atoms with Gasteiger partial charge in [-0.15, -0.1) is 0 Å². The maximum Gasteiger partial charge on any atom is 0.187 e. The van der Waals surface area contributed by atoms with Crippen molar-refractivity contribution in [2.45, 2.75) is 247 Å². The first-order chi connectivity index (χ1) is 35.0. The van der Waals surface area contributed by atoms with E-state index in [2.05, 4.69) is 34.6 Å². The molecule has 5 aliphatic carbocycles. The van der Waals surface area contributed by atoms with E-state index in [0.29, 0.717) is 54.3 Å². The molecule has 0 bridgehead atoms. The average molecular weight is 1060 g/mol. The smallest absolute Gasteiger partial charge is 0.187 e. The lowest BCUT2D eigenvalue weighted by molar-refractivity contribution is -0.374. The zero-order valence-electron chi connectivity index (χ0n) is 43.8. The minimum atomic E-state index is -1.95. The first-order valence-electron chi connectivity index (χ1n) is 27.9. The Kier molecular flexibility index (Phi) is 16.2. The number of aliphatic hydroxyl groups is 12. The SMILES string of the molecule is C[C@H]1CC[C@]2(C[C@H]3C[C@H]4[C@]5(C)CC[C@@H]6C[C@@H](O[C@@H]7O[C@H](CO[C@@H]8O[C@H](CO)[C@@H](O)[C@H](O)[C@H]8O)[C@@H](O[C@@H]8O[C@H](CO[C@@H]9O[C@@H](C)[C@H](O)[C@@H](O)[C@H]9O)[C@@H](O)[C@H](O)[C@H]8O)[C@H](O)[C@H]7O)CC[C@]6(C)[C@H]5CC[C@]4(C)[C@H]3[C@@H]2C)OC1. The molecule has 5 heterocycles. The highest BCUT2D eigenvalue weighted by Crippen LogP contribution is 2.76. The van der Waals surface area contributed by atoms with Crippen LogP contribution in [0, 0.1) is 57.7 Å². The lowest BCUT2D eigenvalue weighted by atomic mass is 9.39. The van der Waals surface area contributed by atoms with Crippen LogP contribution in [0.15, 0.2) is 0 Å². The van der Waals surface area contributed by atoms with E-state index in [9.17, 15) is 61.3 Å². The van der Waals surface area contributed by atoms with Crippen molar-refractivity contribution in [1.29, 1.82) is 0 Å². The molecule has 426 valence electrons. The predicted molar refractivity (Wildman–Crippen MR) is 255 cm³/mol. The molecule has 21 heteroatoms. The summed E-state index contributed by atoms with van der Waals surface area (Å²) >= 11 is 0.